The smallest absolute Gasteiger partial charge is 0.00837 e. The summed E-state index contributed by atoms with van der Waals surface area (Å²) in [6.45, 7) is 0. The van der Waals surface area contributed by atoms with Crippen molar-refractivity contribution in [3.05, 3.63) is 0 Å². The Labute approximate surface area is 80.0 Å². The van der Waals surface area contributed by atoms with Crippen LogP contribution in [0.15, 0.2) is 0 Å². The van der Waals surface area contributed by atoms with Crippen molar-refractivity contribution in [1.82, 2.24) is 0 Å². The van der Waals surface area contributed by atoms with E-state index in [1.165, 1.54) is 25.7 Å². The van der Waals surface area contributed by atoms with Crippen LogP contribution in [0.1, 0.15) is 25.7 Å². The fourth-order valence-electron chi connectivity index (χ4n) is 1.85. The highest BCUT2D eigenvalue weighted by molar-refractivity contribution is 7.81. The lowest BCUT2D eigenvalue weighted by molar-refractivity contribution is 0.468. The largest absolute Gasteiger partial charge is 0.179 e. The van der Waals surface area contributed by atoms with Crippen LogP contribution in [0.4, 0.5) is 0 Å². The number of thiol groups is 2. The minimum absolute atomic E-state index is 0.667. The van der Waals surface area contributed by atoms with Gasteiger partial charge < -0.3 is 0 Å². The van der Waals surface area contributed by atoms with E-state index in [4.69, 9.17) is 12.6 Å². The fraction of sp³-hybridized carbons (Fsp3) is 1.00. The second-order valence-corrected chi connectivity index (χ2v) is 4.97. The third-order valence-corrected chi connectivity index (χ3v) is 4.21. The first-order chi connectivity index (χ1) is 5.33. The van der Waals surface area contributed by atoms with E-state index in [-0.39, 0.29) is 0 Å². The molecule has 0 bridgehead atoms. The molecule has 0 aromatic carbocycles. The van der Waals surface area contributed by atoms with Crippen molar-refractivity contribution in [2.45, 2.75) is 30.9 Å². The summed E-state index contributed by atoms with van der Waals surface area (Å²) in [5.74, 6) is 3.79. The molecule has 2 heteroatoms. The molecule has 11 heavy (non-hydrogen) atoms. The first-order valence-electron chi connectivity index (χ1n) is 4.62. The summed E-state index contributed by atoms with van der Waals surface area (Å²) in [6.07, 6.45) is 5.72. The number of rotatable bonds is 4. The Bertz CT molecular complexity index is 138. The quantitative estimate of drug-likeness (QED) is 0.623. The zero-order valence-electron chi connectivity index (χ0n) is 6.74. The summed E-state index contributed by atoms with van der Waals surface area (Å²) in [6, 6.07) is 0. The zero-order chi connectivity index (χ0) is 7.84. The highest BCUT2D eigenvalue weighted by atomic mass is 32.1. The van der Waals surface area contributed by atoms with E-state index in [2.05, 4.69) is 12.6 Å². The maximum absolute atomic E-state index is 4.69. The SMILES string of the molecule is SCC(C1CC1)C(S)C1CC1. The molecule has 2 fully saturated rings. The van der Waals surface area contributed by atoms with Crippen LogP contribution in [0, 0.1) is 17.8 Å². The van der Waals surface area contributed by atoms with Gasteiger partial charge >= 0.3 is 0 Å². The van der Waals surface area contributed by atoms with Gasteiger partial charge in [-0.15, -0.1) is 0 Å². The number of hydrogen-bond acceptors (Lipinski definition) is 2. The van der Waals surface area contributed by atoms with E-state index in [1.54, 1.807) is 0 Å². The Morgan fingerprint density at radius 1 is 1.09 bits per heavy atom. The Morgan fingerprint density at radius 3 is 2.00 bits per heavy atom. The van der Waals surface area contributed by atoms with Crippen LogP contribution in [-0.2, 0) is 0 Å². The van der Waals surface area contributed by atoms with Gasteiger partial charge in [0.15, 0.2) is 0 Å². The average molecular weight is 188 g/mol. The minimum Gasteiger partial charge on any atom is -0.179 e. The summed E-state index contributed by atoms with van der Waals surface area (Å²) < 4.78 is 0. The highest BCUT2D eigenvalue weighted by Gasteiger charge is 2.40. The van der Waals surface area contributed by atoms with Crippen LogP contribution in [-0.4, -0.2) is 11.0 Å². The van der Waals surface area contributed by atoms with Gasteiger partial charge in [-0.1, -0.05) is 0 Å². The van der Waals surface area contributed by atoms with Crippen LogP contribution >= 0.6 is 25.3 Å². The van der Waals surface area contributed by atoms with E-state index < -0.39 is 0 Å². The Morgan fingerprint density at radius 2 is 1.64 bits per heavy atom. The summed E-state index contributed by atoms with van der Waals surface area (Å²) in [5, 5.41) is 0.667. The molecule has 0 aromatic heterocycles. The first kappa shape index (κ1) is 8.31. The Hall–Kier alpha value is 0.700. The van der Waals surface area contributed by atoms with E-state index in [0.29, 0.717) is 5.25 Å². The summed E-state index contributed by atoms with van der Waals surface area (Å²) in [5.41, 5.74) is 0. The van der Waals surface area contributed by atoms with E-state index in [1.807, 2.05) is 0 Å². The molecule has 64 valence electrons. The molecule has 0 spiro atoms. The molecule has 2 aliphatic rings. The molecule has 0 saturated heterocycles. The van der Waals surface area contributed by atoms with Gasteiger partial charge in [0.2, 0.25) is 0 Å². The maximum atomic E-state index is 4.69. The summed E-state index contributed by atoms with van der Waals surface area (Å²) in [7, 11) is 0. The van der Waals surface area contributed by atoms with Crippen LogP contribution in [0.3, 0.4) is 0 Å². The second kappa shape index (κ2) is 3.21. The molecule has 0 radical (unpaired) electrons. The predicted molar refractivity (Wildman–Crippen MR) is 55.6 cm³/mol. The molecule has 2 rings (SSSR count). The van der Waals surface area contributed by atoms with Crippen LogP contribution in [0.2, 0.25) is 0 Å². The normalized spacial score (nSPS) is 30.0. The first-order valence-corrected chi connectivity index (χ1v) is 5.76. The molecule has 2 atom stereocenters. The van der Waals surface area contributed by atoms with Crippen LogP contribution in [0.25, 0.3) is 0 Å². The lowest BCUT2D eigenvalue weighted by atomic mass is 9.98. The van der Waals surface area contributed by atoms with E-state index in [0.717, 1.165) is 23.5 Å². The molecule has 0 amide bonds. The standard InChI is InChI=1S/C9H16S2/c10-5-8(6-1-2-6)9(11)7-3-4-7/h6-11H,1-5H2. The van der Waals surface area contributed by atoms with Gasteiger partial charge in [-0.05, 0) is 49.2 Å². The molecule has 0 aliphatic heterocycles. The molecular weight excluding hydrogens is 172 g/mol. The van der Waals surface area contributed by atoms with Gasteiger partial charge in [-0.2, -0.15) is 25.3 Å². The zero-order valence-corrected chi connectivity index (χ0v) is 8.53. The average Bonchev–Trinajstić information content (AvgIpc) is 2.86. The van der Waals surface area contributed by atoms with Crippen LogP contribution < -0.4 is 0 Å². The Kier molecular flexibility index (Phi) is 2.43. The molecule has 0 N–H and O–H groups in total. The van der Waals surface area contributed by atoms with E-state index in [9.17, 15) is 0 Å². The molecule has 0 nitrogen and oxygen atoms in total. The predicted octanol–water partition coefficient (Wildman–Crippen LogP) is 2.65. The third-order valence-electron chi connectivity index (χ3n) is 2.98. The summed E-state index contributed by atoms with van der Waals surface area (Å²) >= 11 is 9.10. The van der Waals surface area contributed by atoms with Gasteiger partial charge in [0.25, 0.3) is 0 Å². The minimum atomic E-state index is 0.667. The monoisotopic (exact) mass is 188 g/mol. The van der Waals surface area contributed by atoms with Crippen LogP contribution in [0.5, 0.6) is 0 Å². The summed E-state index contributed by atoms with van der Waals surface area (Å²) in [4.78, 5) is 0. The van der Waals surface area contributed by atoms with Gasteiger partial charge in [0.05, 0.1) is 0 Å². The molecule has 0 heterocycles. The van der Waals surface area contributed by atoms with Gasteiger partial charge in [0, 0.05) is 5.25 Å². The maximum Gasteiger partial charge on any atom is 0.00837 e. The van der Waals surface area contributed by atoms with Crippen molar-refractivity contribution in [2.24, 2.45) is 17.8 Å². The van der Waals surface area contributed by atoms with Crippen molar-refractivity contribution >= 4 is 25.3 Å². The molecule has 2 aliphatic carbocycles. The van der Waals surface area contributed by atoms with Crippen molar-refractivity contribution in [2.75, 3.05) is 5.75 Å². The van der Waals surface area contributed by atoms with E-state index >= 15 is 0 Å². The topological polar surface area (TPSA) is 0 Å². The van der Waals surface area contributed by atoms with Gasteiger partial charge in [-0.3, -0.25) is 0 Å². The lowest BCUT2D eigenvalue weighted by Crippen LogP contribution is -2.20. The molecule has 2 saturated carbocycles. The van der Waals surface area contributed by atoms with Crippen molar-refractivity contribution in [3.63, 3.8) is 0 Å². The molecule has 2 unspecified atom stereocenters. The number of hydrogen-bond donors (Lipinski definition) is 2. The van der Waals surface area contributed by atoms with Crippen molar-refractivity contribution in [1.29, 1.82) is 0 Å². The fourth-order valence-corrected chi connectivity index (χ4v) is 3.19. The Balaban J connectivity index is 1.86. The second-order valence-electron chi connectivity index (χ2n) is 4.01. The molecule has 0 aromatic rings. The highest BCUT2D eigenvalue weighted by Crippen LogP contribution is 2.47. The third kappa shape index (κ3) is 1.89. The van der Waals surface area contributed by atoms with Gasteiger partial charge in [-0.25, -0.2) is 0 Å². The molecular formula is C9H16S2. The van der Waals surface area contributed by atoms with Gasteiger partial charge in [0.1, 0.15) is 0 Å². The van der Waals surface area contributed by atoms with Crippen molar-refractivity contribution < 1.29 is 0 Å². The lowest BCUT2D eigenvalue weighted by Gasteiger charge is -2.20. The van der Waals surface area contributed by atoms with Crippen molar-refractivity contribution in [3.8, 4) is 0 Å².